The number of nitrogens with zero attached hydrogens (tertiary/aromatic N) is 1. The zero-order valence-electron chi connectivity index (χ0n) is 13.9. The Labute approximate surface area is 150 Å². The van der Waals surface area contributed by atoms with Crippen molar-refractivity contribution >= 4 is 23.2 Å². The van der Waals surface area contributed by atoms with Crippen LogP contribution in [-0.4, -0.2) is 19.0 Å². The number of halogens is 3. The van der Waals surface area contributed by atoms with Crippen LogP contribution in [0.3, 0.4) is 0 Å². The summed E-state index contributed by atoms with van der Waals surface area (Å²) in [6.07, 6.45) is 1.69. The highest BCUT2D eigenvalue weighted by Crippen LogP contribution is 2.42. The molecule has 0 bridgehead atoms. The van der Waals surface area contributed by atoms with Gasteiger partial charge in [0.05, 0.1) is 5.69 Å². The van der Waals surface area contributed by atoms with Gasteiger partial charge in [0, 0.05) is 29.6 Å². The molecule has 3 rings (SSSR count). The molecule has 132 valence electrons. The lowest BCUT2D eigenvalue weighted by Gasteiger charge is -2.26. The maximum absolute atomic E-state index is 13.8. The summed E-state index contributed by atoms with van der Waals surface area (Å²) in [5.74, 6) is -1.35. The number of benzene rings is 2. The normalized spacial score (nSPS) is 14.4. The van der Waals surface area contributed by atoms with Crippen LogP contribution in [0.4, 0.5) is 14.5 Å². The largest absolute Gasteiger partial charge is 0.330 e. The Hall–Kier alpha value is -1.98. The van der Waals surface area contributed by atoms with Gasteiger partial charge < -0.3 is 10.6 Å². The first-order chi connectivity index (χ1) is 11.9. The molecule has 3 nitrogen and oxygen atoms in total. The molecule has 2 aromatic rings. The summed E-state index contributed by atoms with van der Waals surface area (Å²) in [6, 6.07) is 5.15. The number of carbonyl (C=O) groups is 1. The molecule has 1 heterocycles. The van der Waals surface area contributed by atoms with Crippen molar-refractivity contribution < 1.29 is 13.6 Å². The summed E-state index contributed by atoms with van der Waals surface area (Å²) >= 11 is 6.38. The Morgan fingerprint density at radius 1 is 1.20 bits per heavy atom. The standard InChI is InChI=1S/C19H19ClF2N2O/c1-11-16(20)9-12(4-5-23)18(13-7-14(21)10-15(22)8-13)19(11)24-6-2-3-17(24)25/h7-10H,2-6,23H2,1H3. The SMILES string of the molecule is Cc1c(Cl)cc(CCN)c(-c2cc(F)cc(F)c2)c1N1CCCC1=O. The van der Waals surface area contributed by atoms with Crippen LogP contribution in [0.2, 0.25) is 5.02 Å². The lowest BCUT2D eigenvalue weighted by Crippen LogP contribution is -2.26. The number of nitrogens with two attached hydrogens (primary N) is 1. The topological polar surface area (TPSA) is 46.3 Å². The highest BCUT2D eigenvalue weighted by atomic mass is 35.5. The Balaban J connectivity index is 2.33. The molecule has 25 heavy (non-hydrogen) atoms. The van der Waals surface area contributed by atoms with Crippen LogP contribution < -0.4 is 10.6 Å². The van der Waals surface area contributed by atoms with Crippen molar-refractivity contribution in [2.75, 3.05) is 18.0 Å². The molecule has 2 N–H and O–H groups in total. The van der Waals surface area contributed by atoms with Crippen LogP contribution in [0.5, 0.6) is 0 Å². The predicted octanol–water partition coefficient (Wildman–Crippen LogP) is 4.22. The van der Waals surface area contributed by atoms with Gasteiger partial charge in [0.15, 0.2) is 0 Å². The highest BCUT2D eigenvalue weighted by Gasteiger charge is 2.28. The predicted molar refractivity (Wildman–Crippen MR) is 95.9 cm³/mol. The minimum absolute atomic E-state index is 0.0119. The molecule has 1 fully saturated rings. The van der Waals surface area contributed by atoms with E-state index >= 15 is 0 Å². The third kappa shape index (κ3) is 3.39. The zero-order chi connectivity index (χ0) is 18.1. The molecule has 2 aromatic carbocycles. The monoisotopic (exact) mass is 364 g/mol. The fourth-order valence-corrected chi connectivity index (χ4v) is 3.60. The highest BCUT2D eigenvalue weighted by molar-refractivity contribution is 6.32. The van der Waals surface area contributed by atoms with E-state index in [1.54, 1.807) is 11.0 Å². The van der Waals surface area contributed by atoms with E-state index in [-0.39, 0.29) is 5.91 Å². The van der Waals surface area contributed by atoms with Gasteiger partial charge >= 0.3 is 0 Å². The molecule has 1 saturated heterocycles. The zero-order valence-corrected chi connectivity index (χ0v) is 14.7. The van der Waals surface area contributed by atoms with E-state index in [4.69, 9.17) is 17.3 Å². The van der Waals surface area contributed by atoms with E-state index in [0.29, 0.717) is 47.8 Å². The van der Waals surface area contributed by atoms with Gasteiger partial charge in [0.2, 0.25) is 5.91 Å². The van der Waals surface area contributed by atoms with E-state index < -0.39 is 11.6 Å². The minimum Gasteiger partial charge on any atom is -0.330 e. The van der Waals surface area contributed by atoms with Gasteiger partial charge in [-0.2, -0.15) is 0 Å². The lowest BCUT2D eigenvalue weighted by atomic mass is 9.92. The summed E-state index contributed by atoms with van der Waals surface area (Å²) in [7, 11) is 0. The first kappa shape index (κ1) is 17.8. The molecule has 1 aliphatic rings. The van der Waals surface area contributed by atoms with Crippen molar-refractivity contribution in [3.63, 3.8) is 0 Å². The second-order valence-electron chi connectivity index (χ2n) is 6.21. The molecule has 0 spiro atoms. The number of carbonyl (C=O) groups excluding carboxylic acids is 1. The van der Waals surface area contributed by atoms with Crippen LogP contribution in [0.1, 0.15) is 24.0 Å². The number of rotatable bonds is 4. The fraction of sp³-hybridized carbons (Fsp3) is 0.316. The number of hydrogen-bond donors (Lipinski definition) is 1. The van der Waals surface area contributed by atoms with Crippen molar-refractivity contribution in [2.24, 2.45) is 5.73 Å². The van der Waals surface area contributed by atoms with E-state index in [2.05, 4.69) is 0 Å². The summed E-state index contributed by atoms with van der Waals surface area (Å²) in [5.41, 5.74) is 8.85. The molecule has 0 radical (unpaired) electrons. The number of amides is 1. The van der Waals surface area contributed by atoms with Gasteiger partial charge in [-0.25, -0.2) is 8.78 Å². The minimum atomic E-state index is -0.667. The Morgan fingerprint density at radius 2 is 1.88 bits per heavy atom. The van der Waals surface area contributed by atoms with Gasteiger partial charge in [-0.3, -0.25) is 4.79 Å². The summed E-state index contributed by atoms with van der Waals surface area (Å²) < 4.78 is 27.7. The van der Waals surface area contributed by atoms with Crippen molar-refractivity contribution in [3.05, 3.63) is 52.0 Å². The van der Waals surface area contributed by atoms with E-state index in [1.807, 2.05) is 6.92 Å². The van der Waals surface area contributed by atoms with E-state index in [9.17, 15) is 13.6 Å². The molecular weight excluding hydrogens is 346 g/mol. The van der Waals surface area contributed by atoms with Gasteiger partial charge in [0.25, 0.3) is 0 Å². The molecule has 0 unspecified atom stereocenters. The first-order valence-corrected chi connectivity index (χ1v) is 8.59. The maximum atomic E-state index is 13.8. The summed E-state index contributed by atoms with van der Waals surface area (Å²) in [4.78, 5) is 14.0. The molecule has 1 aliphatic heterocycles. The van der Waals surface area contributed by atoms with Gasteiger partial charge in [-0.15, -0.1) is 0 Å². The van der Waals surface area contributed by atoms with E-state index in [1.165, 1.54) is 12.1 Å². The molecular formula is C19H19ClF2N2O. The third-order valence-corrected chi connectivity index (χ3v) is 4.87. The van der Waals surface area contributed by atoms with Gasteiger partial charge in [0.1, 0.15) is 11.6 Å². The van der Waals surface area contributed by atoms with Crippen molar-refractivity contribution in [3.8, 4) is 11.1 Å². The summed E-state index contributed by atoms with van der Waals surface area (Å²) in [6.45, 7) is 2.74. The summed E-state index contributed by atoms with van der Waals surface area (Å²) in [5, 5.41) is 0.513. The molecule has 0 saturated carbocycles. The first-order valence-electron chi connectivity index (χ1n) is 8.21. The third-order valence-electron chi connectivity index (χ3n) is 4.48. The quantitative estimate of drug-likeness (QED) is 0.882. The lowest BCUT2D eigenvalue weighted by molar-refractivity contribution is -0.117. The average Bonchev–Trinajstić information content (AvgIpc) is 2.95. The average molecular weight is 365 g/mol. The molecule has 0 atom stereocenters. The second kappa shape index (κ2) is 7.10. The van der Waals surface area contributed by atoms with Crippen LogP contribution in [0.15, 0.2) is 24.3 Å². The Kier molecular flexibility index (Phi) is 5.06. The molecule has 6 heteroatoms. The molecule has 1 amide bonds. The van der Waals surface area contributed by atoms with Crippen molar-refractivity contribution in [2.45, 2.75) is 26.2 Å². The van der Waals surface area contributed by atoms with Crippen LogP contribution in [0.25, 0.3) is 11.1 Å². The van der Waals surface area contributed by atoms with Crippen LogP contribution in [-0.2, 0) is 11.2 Å². The van der Waals surface area contributed by atoms with Crippen molar-refractivity contribution in [1.29, 1.82) is 0 Å². The van der Waals surface area contributed by atoms with Gasteiger partial charge in [-0.1, -0.05) is 11.6 Å². The fourth-order valence-electron chi connectivity index (χ4n) is 3.38. The Morgan fingerprint density at radius 3 is 2.44 bits per heavy atom. The van der Waals surface area contributed by atoms with Gasteiger partial charge in [-0.05, 0) is 61.2 Å². The number of hydrogen-bond acceptors (Lipinski definition) is 2. The van der Waals surface area contributed by atoms with Crippen LogP contribution >= 0.6 is 11.6 Å². The second-order valence-corrected chi connectivity index (χ2v) is 6.62. The number of anilines is 1. The maximum Gasteiger partial charge on any atom is 0.227 e. The smallest absolute Gasteiger partial charge is 0.227 e. The van der Waals surface area contributed by atoms with Crippen molar-refractivity contribution in [1.82, 2.24) is 0 Å². The molecule has 0 aromatic heterocycles. The van der Waals surface area contributed by atoms with E-state index in [0.717, 1.165) is 23.6 Å². The molecule has 0 aliphatic carbocycles. The Bertz CT molecular complexity index is 818. The van der Waals surface area contributed by atoms with Crippen LogP contribution in [0, 0.1) is 18.6 Å².